The summed E-state index contributed by atoms with van der Waals surface area (Å²) < 4.78 is 1.75. The van der Waals surface area contributed by atoms with Crippen molar-refractivity contribution >= 4 is 23.2 Å². The molecule has 0 radical (unpaired) electrons. The number of aromatic nitrogens is 3. The molecule has 3 rings (SSSR count). The van der Waals surface area contributed by atoms with Gasteiger partial charge in [-0.1, -0.05) is 30.9 Å². The second kappa shape index (κ2) is 7.04. The molecule has 1 saturated carbocycles. The maximum absolute atomic E-state index is 13.0. The van der Waals surface area contributed by atoms with Crippen LogP contribution in [0.2, 0.25) is 5.15 Å². The molecule has 2 aromatic rings. The van der Waals surface area contributed by atoms with Crippen LogP contribution in [-0.2, 0) is 11.8 Å². The molecule has 0 unspecified atom stereocenters. The Hall–Kier alpha value is -2.08. The zero-order valence-electron chi connectivity index (χ0n) is 14.9. The number of nitrogens with one attached hydrogen (secondary N) is 1. The normalized spacial score (nSPS) is 16.5. The molecule has 0 aromatic carbocycles. The van der Waals surface area contributed by atoms with Gasteiger partial charge >= 0.3 is 0 Å². The van der Waals surface area contributed by atoms with Crippen molar-refractivity contribution in [1.82, 2.24) is 19.7 Å². The molecule has 0 atom stereocenters. The summed E-state index contributed by atoms with van der Waals surface area (Å²) in [6.45, 7) is 0. The van der Waals surface area contributed by atoms with Gasteiger partial charge in [0, 0.05) is 44.8 Å². The van der Waals surface area contributed by atoms with E-state index in [1.165, 1.54) is 0 Å². The number of hydrogen-bond acceptors (Lipinski definition) is 4. The third-order valence-electron chi connectivity index (χ3n) is 4.76. The highest BCUT2D eigenvalue weighted by Gasteiger charge is 2.41. The van der Waals surface area contributed by atoms with E-state index in [-0.39, 0.29) is 5.91 Å². The van der Waals surface area contributed by atoms with Crippen LogP contribution in [0.5, 0.6) is 0 Å². The lowest BCUT2D eigenvalue weighted by molar-refractivity contribution is -0.134. The number of carbonyl (C=O) groups is 1. The first-order valence-corrected chi connectivity index (χ1v) is 8.95. The molecule has 1 fully saturated rings. The van der Waals surface area contributed by atoms with Crippen LogP contribution in [0, 0.1) is 0 Å². The smallest absolute Gasteiger partial charge is 0.247 e. The number of carbonyl (C=O) groups excluding carboxylic acids is 1. The molecule has 1 aliphatic rings. The van der Waals surface area contributed by atoms with Gasteiger partial charge in [-0.3, -0.25) is 9.48 Å². The molecule has 134 valence electrons. The van der Waals surface area contributed by atoms with Gasteiger partial charge in [-0.05, 0) is 25.0 Å². The largest absolute Gasteiger partial charge is 0.371 e. The van der Waals surface area contributed by atoms with Crippen LogP contribution in [0.3, 0.4) is 0 Å². The Balaban J connectivity index is 2.02. The van der Waals surface area contributed by atoms with Crippen molar-refractivity contribution in [1.29, 1.82) is 0 Å². The van der Waals surface area contributed by atoms with Crippen molar-refractivity contribution in [3.8, 4) is 11.3 Å². The highest BCUT2D eigenvalue weighted by atomic mass is 35.5. The van der Waals surface area contributed by atoms with E-state index in [0.29, 0.717) is 5.15 Å². The SMILES string of the molecule is CN(C)C(=O)C1(Nc2cc(Cl)ncc2-c2ccn(C)n2)CCCCC1. The van der Waals surface area contributed by atoms with Gasteiger partial charge in [0.1, 0.15) is 10.7 Å². The minimum absolute atomic E-state index is 0.104. The lowest BCUT2D eigenvalue weighted by Crippen LogP contribution is -2.53. The number of likely N-dealkylation sites (N-methyl/N-ethyl adjacent to an activating group) is 1. The van der Waals surface area contributed by atoms with Gasteiger partial charge < -0.3 is 10.2 Å². The van der Waals surface area contributed by atoms with E-state index in [2.05, 4.69) is 15.4 Å². The zero-order valence-corrected chi connectivity index (χ0v) is 15.7. The zero-order chi connectivity index (χ0) is 18.0. The summed E-state index contributed by atoms with van der Waals surface area (Å²) in [7, 11) is 5.48. The van der Waals surface area contributed by atoms with Gasteiger partial charge in [0.2, 0.25) is 5.91 Å². The van der Waals surface area contributed by atoms with Gasteiger partial charge in [-0.15, -0.1) is 0 Å². The highest BCUT2D eigenvalue weighted by Crippen LogP contribution is 2.37. The predicted molar refractivity (Wildman–Crippen MR) is 99.6 cm³/mol. The minimum atomic E-state index is -0.601. The average Bonchev–Trinajstić information content (AvgIpc) is 3.01. The molecular weight excluding hydrogens is 338 g/mol. The van der Waals surface area contributed by atoms with Gasteiger partial charge in [-0.25, -0.2) is 4.98 Å². The number of amides is 1. The van der Waals surface area contributed by atoms with E-state index in [1.54, 1.807) is 35.9 Å². The van der Waals surface area contributed by atoms with E-state index >= 15 is 0 Å². The molecule has 1 aliphatic carbocycles. The number of rotatable bonds is 4. The third kappa shape index (κ3) is 3.63. The van der Waals surface area contributed by atoms with Crippen LogP contribution in [-0.4, -0.2) is 45.2 Å². The molecule has 0 bridgehead atoms. The lowest BCUT2D eigenvalue weighted by Gasteiger charge is -2.39. The fraction of sp³-hybridized carbons (Fsp3) is 0.500. The van der Waals surface area contributed by atoms with Gasteiger partial charge in [0.25, 0.3) is 0 Å². The highest BCUT2D eigenvalue weighted by molar-refractivity contribution is 6.29. The van der Waals surface area contributed by atoms with Crippen LogP contribution in [0.25, 0.3) is 11.3 Å². The molecule has 25 heavy (non-hydrogen) atoms. The molecule has 1 N–H and O–H groups in total. The molecule has 2 heterocycles. The van der Waals surface area contributed by atoms with Crippen LogP contribution in [0.1, 0.15) is 32.1 Å². The number of nitrogens with zero attached hydrogens (tertiary/aromatic N) is 4. The number of halogens is 1. The van der Waals surface area contributed by atoms with E-state index in [0.717, 1.165) is 49.0 Å². The molecule has 1 amide bonds. The fourth-order valence-electron chi connectivity index (χ4n) is 3.53. The van der Waals surface area contributed by atoms with Gasteiger partial charge in [-0.2, -0.15) is 5.10 Å². The first kappa shape index (κ1) is 17.7. The Morgan fingerprint density at radius 2 is 2.04 bits per heavy atom. The molecule has 7 heteroatoms. The number of aryl methyl sites for hydroxylation is 1. The maximum Gasteiger partial charge on any atom is 0.247 e. The summed E-state index contributed by atoms with van der Waals surface area (Å²) in [6.07, 6.45) is 8.44. The Labute approximate surface area is 153 Å². The first-order chi connectivity index (χ1) is 11.9. The average molecular weight is 362 g/mol. The second-order valence-corrected chi connectivity index (χ2v) is 7.28. The molecule has 2 aromatic heterocycles. The number of anilines is 1. The summed E-state index contributed by atoms with van der Waals surface area (Å²) in [5, 5.41) is 8.39. The molecular formula is C18H24ClN5O. The van der Waals surface area contributed by atoms with E-state index < -0.39 is 5.54 Å². The molecule has 0 aliphatic heterocycles. The lowest BCUT2D eigenvalue weighted by atomic mass is 9.80. The summed E-state index contributed by atoms with van der Waals surface area (Å²) in [5.74, 6) is 0.104. The van der Waals surface area contributed by atoms with Crippen LogP contribution in [0.15, 0.2) is 24.5 Å². The van der Waals surface area contributed by atoms with E-state index in [9.17, 15) is 4.79 Å². The topological polar surface area (TPSA) is 63.1 Å². The van der Waals surface area contributed by atoms with E-state index in [4.69, 9.17) is 11.6 Å². The van der Waals surface area contributed by atoms with Crippen molar-refractivity contribution < 1.29 is 4.79 Å². The third-order valence-corrected chi connectivity index (χ3v) is 4.96. The Morgan fingerprint density at radius 1 is 1.32 bits per heavy atom. The second-order valence-electron chi connectivity index (χ2n) is 6.89. The monoisotopic (exact) mass is 361 g/mol. The Morgan fingerprint density at radius 3 is 2.64 bits per heavy atom. The standard InChI is InChI=1S/C18H24ClN5O/c1-23(2)17(25)18(8-5-4-6-9-18)21-15-11-16(19)20-12-13(15)14-7-10-24(3)22-14/h7,10-12H,4-6,8-9H2,1-3H3,(H,20,21). The van der Waals surface area contributed by atoms with Crippen molar-refractivity contribution in [2.75, 3.05) is 19.4 Å². The molecule has 0 saturated heterocycles. The van der Waals surface area contributed by atoms with Crippen LogP contribution >= 0.6 is 11.6 Å². The molecule has 0 spiro atoms. The van der Waals surface area contributed by atoms with Crippen molar-refractivity contribution in [3.63, 3.8) is 0 Å². The summed E-state index contributed by atoms with van der Waals surface area (Å²) in [6, 6.07) is 3.71. The summed E-state index contributed by atoms with van der Waals surface area (Å²) in [4.78, 5) is 18.8. The number of hydrogen-bond donors (Lipinski definition) is 1. The molecule has 6 nitrogen and oxygen atoms in total. The van der Waals surface area contributed by atoms with Crippen molar-refractivity contribution in [2.24, 2.45) is 7.05 Å². The predicted octanol–water partition coefficient (Wildman–Crippen LogP) is 3.34. The Kier molecular flexibility index (Phi) is 4.99. The van der Waals surface area contributed by atoms with Crippen LogP contribution in [0.4, 0.5) is 5.69 Å². The summed E-state index contributed by atoms with van der Waals surface area (Å²) >= 11 is 6.14. The van der Waals surface area contributed by atoms with E-state index in [1.807, 2.05) is 19.3 Å². The van der Waals surface area contributed by atoms with Gasteiger partial charge in [0.15, 0.2) is 0 Å². The van der Waals surface area contributed by atoms with Crippen molar-refractivity contribution in [3.05, 3.63) is 29.7 Å². The van der Waals surface area contributed by atoms with Crippen LogP contribution < -0.4 is 5.32 Å². The van der Waals surface area contributed by atoms with Gasteiger partial charge in [0.05, 0.1) is 5.69 Å². The summed E-state index contributed by atoms with van der Waals surface area (Å²) in [5.41, 5.74) is 1.85. The quantitative estimate of drug-likeness (QED) is 0.848. The maximum atomic E-state index is 13.0. The Bertz CT molecular complexity index is 765. The fourth-order valence-corrected chi connectivity index (χ4v) is 3.69. The minimum Gasteiger partial charge on any atom is -0.371 e. The van der Waals surface area contributed by atoms with Crippen molar-refractivity contribution in [2.45, 2.75) is 37.6 Å². The first-order valence-electron chi connectivity index (χ1n) is 8.57. The number of pyridine rings is 1.